The lowest BCUT2D eigenvalue weighted by molar-refractivity contribution is -0.270. The topological polar surface area (TPSA) is 451 Å². The first kappa shape index (κ1) is 104. The molecule has 31 nitrogen and oxygen atoms in total. The average molecular weight is 2030 g/mol. The van der Waals surface area contributed by atoms with E-state index in [1.807, 2.05) is 0 Å². The molecule has 45 heteroatoms. The van der Waals surface area contributed by atoms with Gasteiger partial charge in [0, 0.05) is 100 Å². The van der Waals surface area contributed by atoms with Crippen molar-refractivity contribution in [3.8, 4) is 85.5 Å². The Morgan fingerprint density at radius 2 is 0.732 bits per heavy atom. The van der Waals surface area contributed by atoms with Crippen LogP contribution in [-0.4, -0.2) is 152 Å². The standard InChI is InChI=1S/C34H35F4N3O7S.C30H27F4N3O6.C21H25F4N3O3S.C12H11NO5/c1-31(2,3)49(45)41-32(4)17-46-29-23(32)15-26(40-27(29)18-5-7-21(35)8-6-18)33(44,34(36,37)38)12-11-24(42)19-13-20-16-39-30(43)48-28(20)25(14-19)47-22-9-10-22;1-28(35)14-41-26-20(28)12-23(37-24(26)15-2-4-18(31)5-3-15)29(40,30(32,33)34)9-8-21(38)16-10-17-13-36-27(39)43-25(17)22(11-16)42-19-6-7-19;1-18(2,3)32(30)28-19(4)11-31-17-14(19)9-15(20(29,10-26)21(23,24)25)27-16(17)12-5-7-13(22)8-6-12;14-11(15)6-3-7-5-13-12(16)18-10(7)9(4-6)17-8-1-2-8/h5-8,13-15,22,41,44H,9-12,16-17H2,1-4H3,(H,39,43);2-5,10-12,19,40H,6-9,13-14,35H2,1H3,(H,36,39);5-9,28-29H,10-11,26H2,1-4H3;3-4,8H,1-2,5H2,(H,13,16)(H,14,15). The predicted octanol–water partition coefficient (Wildman–Crippen LogP) is 15.9. The summed E-state index contributed by atoms with van der Waals surface area (Å²) < 4.78 is 252. The van der Waals surface area contributed by atoms with E-state index in [1.165, 1.54) is 72.8 Å². The number of nitrogens with one attached hydrogen (secondary N) is 5. The molecule has 758 valence electrons. The van der Waals surface area contributed by atoms with Crippen molar-refractivity contribution in [3.63, 3.8) is 0 Å². The number of aliphatic hydroxyl groups is 3. The Balaban J connectivity index is 0.000000150. The van der Waals surface area contributed by atoms with Crippen molar-refractivity contribution in [1.82, 2.24) is 40.3 Å². The summed E-state index contributed by atoms with van der Waals surface area (Å²) in [6.45, 7) is 14.1. The lowest BCUT2D eigenvalue weighted by atomic mass is 9.86. The molecule has 9 heterocycles. The number of carboxylic acids is 1. The number of pyridine rings is 3. The maximum absolute atomic E-state index is 15.0. The zero-order chi connectivity index (χ0) is 103. The van der Waals surface area contributed by atoms with Crippen LogP contribution >= 0.6 is 0 Å². The lowest BCUT2D eigenvalue weighted by Gasteiger charge is -2.32. The fourth-order valence-corrected chi connectivity index (χ4v) is 17.4. The Labute approximate surface area is 808 Å². The van der Waals surface area contributed by atoms with Crippen LogP contribution in [0.1, 0.15) is 208 Å². The zero-order valence-electron chi connectivity index (χ0n) is 77.5. The number of carbonyl (C=O) groups is 6. The van der Waals surface area contributed by atoms with E-state index in [2.05, 4.69) is 40.3 Å². The van der Waals surface area contributed by atoms with Crippen LogP contribution in [0.5, 0.6) is 51.7 Å². The van der Waals surface area contributed by atoms with Crippen molar-refractivity contribution < 1.29 is 153 Å². The number of alkyl halides is 9. The number of aromatic carboxylic acids is 1. The largest absolute Gasteiger partial charge is 0.489 e. The summed E-state index contributed by atoms with van der Waals surface area (Å²) in [7, 11) is -3.26. The number of hydrogen-bond acceptors (Lipinski definition) is 25. The van der Waals surface area contributed by atoms with E-state index in [0.29, 0.717) is 28.2 Å². The van der Waals surface area contributed by atoms with Gasteiger partial charge in [0.2, 0.25) is 16.8 Å². The summed E-state index contributed by atoms with van der Waals surface area (Å²) in [5, 5.41) is 49.7. The number of benzene rings is 6. The molecule has 3 aliphatic carbocycles. The molecule has 0 radical (unpaired) electrons. The van der Waals surface area contributed by atoms with Crippen molar-refractivity contribution in [3.05, 3.63) is 212 Å². The van der Waals surface area contributed by atoms with Crippen molar-refractivity contribution in [2.75, 3.05) is 26.4 Å². The third kappa shape index (κ3) is 22.1. The number of carbonyl (C=O) groups excluding carboxylic acids is 5. The third-order valence-corrected chi connectivity index (χ3v) is 27.8. The summed E-state index contributed by atoms with van der Waals surface area (Å²) in [4.78, 5) is 85.0. The van der Waals surface area contributed by atoms with E-state index in [9.17, 15) is 105 Å². The van der Waals surface area contributed by atoms with E-state index in [1.54, 1.807) is 62.3 Å². The van der Waals surface area contributed by atoms with Crippen LogP contribution in [0.15, 0.2) is 127 Å². The van der Waals surface area contributed by atoms with Gasteiger partial charge in [0.05, 0.1) is 89.0 Å². The smallest absolute Gasteiger partial charge is 0.424 e. The number of ether oxygens (including phenoxy) is 9. The first-order valence-electron chi connectivity index (χ1n) is 44.7. The molecule has 0 saturated heterocycles. The van der Waals surface area contributed by atoms with E-state index in [4.69, 9.17) is 59.2 Å². The molecule has 6 aliphatic heterocycles. The minimum absolute atomic E-state index is 0.0132. The molecule has 18 rings (SSSR count). The van der Waals surface area contributed by atoms with Gasteiger partial charge in [-0.2, -0.15) is 39.5 Å². The Hall–Kier alpha value is -12.6. The van der Waals surface area contributed by atoms with E-state index >= 15 is 0 Å². The highest BCUT2D eigenvalue weighted by Gasteiger charge is 2.61. The van der Waals surface area contributed by atoms with Gasteiger partial charge in [-0.15, -0.1) is 0 Å². The van der Waals surface area contributed by atoms with Crippen molar-refractivity contribution in [1.29, 1.82) is 0 Å². The van der Waals surface area contributed by atoms with Crippen molar-refractivity contribution in [2.24, 2.45) is 11.5 Å². The number of nitrogens with zero attached hydrogens (tertiary/aromatic N) is 3. The molecule has 3 saturated carbocycles. The number of Topliss-reactive ketones (excluding diaryl/α,β-unsaturated/α-hetero) is 2. The van der Waals surface area contributed by atoms with Gasteiger partial charge < -0.3 is 90.5 Å². The Morgan fingerprint density at radius 3 is 1.03 bits per heavy atom. The van der Waals surface area contributed by atoms with Gasteiger partial charge in [-0.05, 0) is 241 Å². The van der Waals surface area contributed by atoms with Crippen LogP contribution in [0.25, 0.3) is 33.8 Å². The molecule has 3 aromatic heterocycles. The molecule has 142 heavy (non-hydrogen) atoms. The molecule has 3 fully saturated rings. The highest BCUT2D eigenvalue weighted by molar-refractivity contribution is 7.84. The van der Waals surface area contributed by atoms with Gasteiger partial charge in [0.15, 0.2) is 63.3 Å². The molecular weight excluding hydrogens is 1930 g/mol. The van der Waals surface area contributed by atoms with Crippen LogP contribution in [-0.2, 0) is 75.0 Å². The maximum atomic E-state index is 15.0. The van der Waals surface area contributed by atoms with Gasteiger partial charge in [0.1, 0.15) is 54.4 Å². The summed E-state index contributed by atoms with van der Waals surface area (Å²) in [5.74, 6) is -2.53. The summed E-state index contributed by atoms with van der Waals surface area (Å²) in [6.07, 6.45) is -16.4. The Kier molecular flexibility index (Phi) is 28.4. The van der Waals surface area contributed by atoms with Crippen LogP contribution < -0.4 is 79.5 Å². The van der Waals surface area contributed by atoms with Crippen molar-refractivity contribution >= 4 is 57.8 Å². The number of carboxylic acid groups (broad SMARTS) is 1. The number of nitrogens with two attached hydrogens (primary N) is 2. The molecule has 6 aromatic carbocycles. The van der Waals surface area contributed by atoms with Gasteiger partial charge in [0.25, 0.3) is 0 Å². The molecule has 8 atom stereocenters. The van der Waals surface area contributed by atoms with Crippen molar-refractivity contribution in [2.45, 2.75) is 226 Å². The minimum atomic E-state index is -5.31. The molecule has 0 bridgehead atoms. The molecule has 8 unspecified atom stereocenters. The van der Waals surface area contributed by atoms with Gasteiger partial charge in [-0.1, -0.05) is 0 Å². The number of fused-ring (bicyclic) bond motifs is 6. The fourth-order valence-electron chi connectivity index (χ4n) is 15.6. The number of ketones is 2. The Bertz CT molecular complexity index is 6520. The number of halogens is 12. The van der Waals surface area contributed by atoms with Gasteiger partial charge in [-0.25, -0.2) is 65.2 Å². The highest BCUT2D eigenvalue weighted by atomic mass is 32.2. The minimum Gasteiger partial charge on any atom is -0.489 e. The second kappa shape index (κ2) is 38.9. The molecule has 13 N–H and O–H groups in total. The average Bonchev–Trinajstić information content (AvgIpc) is 1.63. The van der Waals surface area contributed by atoms with Gasteiger partial charge >= 0.3 is 42.8 Å². The van der Waals surface area contributed by atoms with Gasteiger partial charge in [-0.3, -0.25) is 9.59 Å². The normalized spacial score (nSPS) is 20.5. The van der Waals surface area contributed by atoms with Crippen LogP contribution in [0.2, 0.25) is 0 Å². The monoisotopic (exact) mass is 2030 g/mol. The molecular formula is C97H98F12N10O21S2. The first-order valence-corrected chi connectivity index (χ1v) is 47.0. The SMILES string of the molecule is CC1(N)COc2c1cc(C(O)(CCC(=O)c1cc3c(c(OC4CC4)c1)OC(=O)NC3)C(F)(F)F)nc2-c1ccc(F)cc1.CC1(NS(=O)C(C)(C)C)COc2c1cc(C(O)(CCC(=O)c1cc3c(c(OC4CC4)c1)OC(=O)NC3)C(F)(F)F)nc2-c1ccc(F)cc1.CC1(NS(=O)C(C)(C)C)COc2c1cc(C(O)(CN)C(F)(F)F)nc2-c1ccc(F)cc1.O=C1NCc2cc(C(=O)O)cc(OC3CC3)c2O1. The van der Waals surface area contributed by atoms with E-state index in [-0.39, 0.29) is 165 Å². The zero-order valence-corrected chi connectivity index (χ0v) is 79.1. The summed E-state index contributed by atoms with van der Waals surface area (Å²) >= 11 is 0. The van der Waals surface area contributed by atoms with E-state index < -0.39 is 186 Å². The number of amides is 3. The Morgan fingerprint density at radius 1 is 0.444 bits per heavy atom. The fraction of sp³-hybridized carbons (Fsp3) is 0.412. The summed E-state index contributed by atoms with van der Waals surface area (Å²) in [5.41, 5.74) is -2.09. The second-order valence-electron chi connectivity index (χ2n) is 38.1. The molecule has 9 aliphatic rings. The van der Waals surface area contributed by atoms with E-state index in [0.717, 1.165) is 93.1 Å². The third-order valence-electron chi connectivity index (χ3n) is 24.3. The van der Waals surface area contributed by atoms with Crippen LogP contribution in [0.3, 0.4) is 0 Å². The maximum Gasteiger partial charge on any atom is 0.424 e. The van der Waals surface area contributed by atoms with Crippen LogP contribution in [0, 0.1) is 17.5 Å². The number of rotatable bonds is 26. The lowest BCUT2D eigenvalue weighted by Crippen LogP contribution is -2.50. The molecule has 0 spiro atoms. The molecule has 3 amide bonds. The second-order valence-corrected chi connectivity index (χ2v) is 42.1. The molecule has 9 aromatic rings. The number of hydrogen-bond donors (Lipinski definition) is 11. The highest BCUT2D eigenvalue weighted by Crippen LogP contribution is 2.54. The summed E-state index contributed by atoms with van der Waals surface area (Å²) in [6, 6.07) is 26.3. The quantitative estimate of drug-likeness (QED) is 0.0177. The van der Waals surface area contributed by atoms with Crippen LogP contribution in [0.4, 0.5) is 67.1 Å². The first-order chi connectivity index (χ1) is 66.4. The number of aromatic nitrogens is 3. The predicted molar refractivity (Wildman–Crippen MR) is 486 cm³/mol.